The number of anilines is 1. The van der Waals surface area contributed by atoms with Crippen molar-refractivity contribution in [2.24, 2.45) is 5.92 Å². The van der Waals surface area contributed by atoms with E-state index in [9.17, 15) is 18.0 Å². The summed E-state index contributed by atoms with van der Waals surface area (Å²) in [4.78, 5) is 28.5. The molecule has 214 valence electrons. The Hall–Kier alpha value is -3.85. The molecule has 8 nitrogen and oxygen atoms in total. The number of amides is 2. The van der Waals surface area contributed by atoms with E-state index in [2.05, 4.69) is 5.32 Å². The first-order chi connectivity index (χ1) is 19.0. The van der Waals surface area contributed by atoms with Crippen molar-refractivity contribution in [3.63, 3.8) is 0 Å². The lowest BCUT2D eigenvalue weighted by atomic mass is 10.1. The molecule has 1 atom stereocenters. The zero-order valence-electron chi connectivity index (χ0n) is 23.8. The number of sulfonamides is 1. The van der Waals surface area contributed by atoms with Gasteiger partial charge in [-0.15, -0.1) is 0 Å². The lowest BCUT2D eigenvalue weighted by Gasteiger charge is -2.32. The first-order valence-electron chi connectivity index (χ1n) is 13.5. The van der Waals surface area contributed by atoms with Gasteiger partial charge in [-0.3, -0.25) is 13.9 Å². The van der Waals surface area contributed by atoms with E-state index >= 15 is 0 Å². The van der Waals surface area contributed by atoms with Crippen molar-refractivity contribution in [2.45, 2.75) is 52.1 Å². The summed E-state index contributed by atoms with van der Waals surface area (Å²) in [5.74, 6) is 0.0308. The second-order valence-corrected chi connectivity index (χ2v) is 11.9. The average molecular weight is 566 g/mol. The number of nitrogens with one attached hydrogen (secondary N) is 1. The van der Waals surface area contributed by atoms with Crippen LogP contribution in [0, 0.1) is 12.8 Å². The van der Waals surface area contributed by atoms with Crippen LogP contribution in [-0.4, -0.2) is 50.9 Å². The Kier molecular flexibility index (Phi) is 10.7. The van der Waals surface area contributed by atoms with Crippen LogP contribution in [-0.2, 0) is 26.2 Å². The Bertz CT molecular complexity index is 1360. The van der Waals surface area contributed by atoms with Gasteiger partial charge in [0.2, 0.25) is 11.8 Å². The number of hydrogen-bond acceptors (Lipinski definition) is 5. The summed E-state index contributed by atoms with van der Waals surface area (Å²) in [5.41, 5.74) is 2.06. The molecule has 0 heterocycles. The molecule has 3 aromatic rings. The molecule has 0 saturated heterocycles. The number of nitrogens with zero attached hydrogens (tertiary/aromatic N) is 2. The van der Waals surface area contributed by atoms with Crippen molar-refractivity contribution in [2.75, 3.05) is 24.0 Å². The number of hydrogen-bond donors (Lipinski definition) is 1. The fourth-order valence-electron chi connectivity index (χ4n) is 4.06. The molecule has 3 rings (SSSR count). The number of benzene rings is 3. The summed E-state index contributed by atoms with van der Waals surface area (Å²) in [5, 5.41) is 2.89. The molecule has 0 fully saturated rings. The largest absolute Gasteiger partial charge is 0.494 e. The van der Waals surface area contributed by atoms with Gasteiger partial charge in [0.15, 0.2) is 0 Å². The molecule has 0 aliphatic carbocycles. The zero-order valence-corrected chi connectivity index (χ0v) is 24.6. The van der Waals surface area contributed by atoms with E-state index in [-0.39, 0.29) is 23.3 Å². The molecular weight excluding hydrogens is 526 g/mol. The molecule has 2 amide bonds. The second kappa shape index (κ2) is 14.0. The molecule has 1 N–H and O–H groups in total. The van der Waals surface area contributed by atoms with Crippen LogP contribution in [0.3, 0.4) is 0 Å². The summed E-state index contributed by atoms with van der Waals surface area (Å²) in [6, 6.07) is 21.6. The van der Waals surface area contributed by atoms with Gasteiger partial charge in [-0.25, -0.2) is 8.42 Å². The van der Waals surface area contributed by atoms with Crippen LogP contribution < -0.4 is 14.4 Å². The van der Waals surface area contributed by atoms with Crippen LogP contribution in [0.15, 0.2) is 83.8 Å². The maximum Gasteiger partial charge on any atom is 0.264 e. The Balaban J connectivity index is 2.00. The highest BCUT2D eigenvalue weighted by Gasteiger charge is 2.32. The van der Waals surface area contributed by atoms with Gasteiger partial charge in [-0.05, 0) is 68.7 Å². The predicted molar refractivity (Wildman–Crippen MR) is 158 cm³/mol. The molecule has 0 aromatic heterocycles. The molecule has 0 bridgehead atoms. The number of carbonyl (C=O) groups excluding carboxylic acids is 2. The number of carbonyl (C=O) groups is 2. The Labute approximate surface area is 238 Å². The van der Waals surface area contributed by atoms with Crippen LogP contribution in [0.1, 0.15) is 38.8 Å². The average Bonchev–Trinajstić information content (AvgIpc) is 2.94. The molecule has 40 heavy (non-hydrogen) atoms. The maximum absolute atomic E-state index is 13.9. The third-order valence-electron chi connectivity index (χ3n) is 6.37. The van der Waals surface area contributed by atoms with Crippen molar-refractivity contribution < 1.29 is 22.7 Å². The number of aryl methyl sites for hydroxylation is 1. The summed E-state index contributed by atoms with van der Waals surface area (Å²) in [7, 11) is -4.12. The normalized spacial score (nSPS) is 12.1. The Morgan fingerprint density at radius 2 is 1.52 bits per heavy atom. The third kappa shape index (κ3) is 8.08. The van der Waals surface area contributed by atoms with Crippen LogP contribution in [0.5, 0.6) is 5.75 Å². The molecule has 9 heteroatoms. The van der Waals surface area contributed by atoms with E-state index in [4.69, 9.17) is 4.74 Å². The molecule has 0 aliphatic rings. The van der Waals surface area contributed by atoms with Gasteiger partial charge in [0.25, 0.3) is 10.0 Å². The van der Waals surface area contributed by atoms with E-state index in [1.165, 1.54) is 17.0 Å². The Morgan fingerprint density at radius 3 is 2.10 bits per heavy atom. The quantitative estimate of drug-likeness (QED) is 0.322. The highest BCUT2D eigenvalue weighted by Crippen LogP contribution is 2.27. The van der Waals surface area contributed by atoms with Gasteiger partial charge in [-0.2, -0.15) is 0 Å². The van der Waals surface area contributed by atoms with E-state index < -0.39 is 28.5 Å². The monoisotopic (exact) mass is 565 g/mol. The topological polar surface area (TPSA) is 96.0 Å². The van der Waals surface area contributed by atoms with Crippen molar-refractivity contribution in [1.82, 2.24) is 10.2 Å². The first-order valence-corrected chi connectivity index (χ1v) is 14.9. The summed E-state index contributed by atoms with van der Waals surface area (Å²) in [6.45, 7) is 9.97. The van der Waals surface area contributed by atoms with E-state index in [0.717, 1.165) is 15.4 Å². The third-order valence-corrected chi connectivity index (χ3v) is 8.16. The standard InChI is InChI=1S/C31H39N3O5S/c1-6-39-28-16-14-27(15-17-28)34(40(37,38)29-18-12-24(4)13-19-29)22-30(35)33(21-26-10-8-7-9-11-26)25(5)31(36)32-20-23(2)3/h7-19,23,25H,6,20-22H2,1-5H3,(H,32,36)/t25-/m0/s1. The summed E-state index contributed by atoms with van der Waals surface area (Å²) >= 11 is 0. The molecule has 0 saturated carbocycles. The predicted octanol–water partition coefficient (Wildman–Crippen LogP) is 4.78. The molecule has 0 aliphatic heterocycles. The van der Waals surface area contributed by atoms with Crippen molar-refractivity contribution >= 4 is 27.5 Å². The van der Waals surface area contributed by atoms with Crippen molar-refractivity contribution in [1.29, 1.82) is 0 Å². The van der Waals surface area contributed by atoms with Crippen LogP contribution in [0.2, 0.25) is 0 Å². The maximum atomic E-state index is 13.9. The molecule has 3 aromatic carbocycles. The van der Waals surface area contributed by atoms with Crippen LogP contribution in [0.4, 0.5) is 5.69 Å². The number of ether oxygens (including phenoxy) is 1. The minimum absolute atomic E-state index is 0.0668. The minimum atomic E-state index is -4.12. The minimum Gasteiger partial charge on any atom is -0.494 e. The molecular formula is C31H39N3O5S. The first kappa shape index (κ1) is 30.7. The van der Waals surface area contributed by atoms with Gasteiger partial charge in [0, 0.05) is 13.1 Å². The SMILES string of the molecule is CCOc1ccc(N(CC(=O)N(Cc2ccccc2)[C@@H](C)C(=O)NCC(C)C)S(=O)(=O)c2ccc(C)cc2)cc1. The molecule has 0 unspecified atom stereocenters. The molecule has 0 radical (unpaired) electrons. The van der Waals surface area contributed by atoms with E-state index in [1.54, 1.807) is 43.3 Å². The smallest absolute Gasteiger partial charge is 0.264 e. The fraction of sp³-hybridized carbons (Fsp3) is 0.355. The fourth-order valence-corrected chi connectivity index (χ4v) is 5.47. The van der Waals surface area contributed by atoms with Crippen molar-refractivity contribution in [3.8, 4) is 5.75 Å². The van der Waals surface area contributed by atoms with E-state index in [0.29, 0.717) is 24.6 Å². The van der Waals surface area contributed by atoms with E-state index in [1.807, 2.05) is 58.0 Å². The summed E-state index contributed by atoms with van der Waals surface area (Å²) < 4.78 is 34.4. The zero-order chi connectivity index (χ0) is 29.3. The van der Waals surface area contributed by atoms with Crippen molar-refractivity contribution in [3.05, 3.63) is 90.0 Å². The summed E-state index contributed by atoms with van der Waals surface area (Å²) in [6.07, 6.45) is 0. The van der Waals surface area contributed by atoms with Crippen LogP contribution >= 0.6 is 0 Å². The number of rotatable bonds is 13. The van der Waals surface area contributed by atoms with Crippen LogP contribution in [0.25, 0.3) is 0 Å². The van der Waals surface area contributed by atoms with Gasteiger partial charge >= 0.3 is 0 Å². The highest BCUT2D eigenvalue weighted by atomic mass is 32.2. The Morgan fingerprint density at radius 1 is 0.900 bits per heavy atom. The lowest BCUT2D eigenvalue weighted by molar-refractivity contribution is -0.139. The van der Waals surface area contributed by atoms with Gasteiger partial charge in [0.05, 0.1) is 17.2 Å². The van der Waals surface area contributed by atoms with Gasteiger partial charge < -0.3 is 15.0 Å². The lowest BCUT2D eigenvalue weighted by Crippen LogP contribution is -2.51. The second-order valence-electron chi connectivity index (χ2n) is 10.1. The van der Waals surface area contributed by atoms with Gasteiger partial charge in [-0.1, -0.05) is 61.9 Å². The van der Waals surface area contributed by atoms with Gasteiger partial charge in [0.1, 0.15) is 18.3 Å². The highest BCUT2D eigenvalue weighted by molar-refractivity contribution is 7.92. The molecule has 0 spiro atoms.